The van der Waals surface area contributed by atoms with Crippen LogP contribution in [-0.2, 0) is 6.54 Å². The van der Waals surface area contributed by atoms with Crippen molar-refractivity contribution in [3.63, 3.8) is 0 Å². The van der Waals surface area contributed by atoms with Crippen LogP contribution in [0.1, 0.15) is 24.4 Å². The SMILES string of the molecule is CC(NCc1cccc(Cl)c1O)c1ncn[nH]1. The van der Waals surface area contributed by atoms with Gasteiger partial charge in [-0.2, -0.15) is 5.10 Å². The first-order valence-corrected chi connectivity index (χ1v) is 5.61. The van der Waals surface area contributed by atoms with Crippen molar-refractivity contribution in [1.82, 2.24) is 20.5 Å². The molecular formula is C11H13ClN4O. The first-order valence-electron chi connectivity index (χ1n) is 5.23. The molecule has 0 spiro atoms. The van der Waals surface area contributed by atoms with Crippen molar-refractivity contribution >= 4 is 11.6 Å². The molecule has 0 amide bonds. The number of halogens is 1. The number of phenolic OH excluding ortho intramolecular Hbond substituents is 1. The highest BCUT2D eigenvalue weighted by molar-refractivity contribution is 6.32. The quantitative estimate of drug-likeness (QED) is 0.778. The lowest BCUT2D eigenvalue weighted by molar-refractivity contribution is 0.459. The number of benzene rings is 1. The highest BCUT2D eigenvalue weighted by Crippen LogP contribution is 2.27. The van der Waals surface area contributed by atoms with Gasteiger partial charge >= 0.3 is 0 Å². The molecule has 1 atom stereocenters. The molecule has 0 saturated heterocycles. The average Bonchev–Trinajstić information content (AvgIpc) is 2.84. The second kappa shape index (κ2) is 5.16. The molecule has 0 fully saturated rings. The van der Waals surface area contributed by atoms with Crippen LogP contribution in [0.3, 0.4) is 0 Å². The molecule has 1 unspecified atom stereocenters. The van der Waals surface area contributed by atoms with Gasteiger partial charge in [0.1, 0.15) is 17.9 Å². The van der Waals surface area contributed by atoms with Gasteiger partial charge in [0, 0.05) is 12.1 Å². The normalized spacial score (nSPS) is 12.6. The number of rotatable bonds is 4. The minimum Gasteiger partial charge on any atom is -0.506 e. The van der Waals surface area contributed by atoms with Gasteiger partial charge in [0.05, 0.1) is 11.1 Å². The molecular weight excluding hydrogens is 240 g/mol. The van der Waals surface area contributed by atoms with E-state index in [1.807, 2.05) is 13.0 Å². The molecule has 0 bridgehead atoms. The van der Waals surface area contributed by atoms with Crippen LogP contribution >= 0.6 is 11.6 Å². The van der Waals surface area contributed by atoms with Gasteiger partial charge in [-0.25, -0.2) is 4.98 Å². The van der Waals surface area contributed by atoms with Crippen molar-refractivity contribution in [2.75, 3.05) is 0 Å². The van der Waals surface area contributed by atoms with E-state index in [0.717, 1.165) is 11.4 Å². The summed E-state index contributed by atoms with van der Waals surface area (Å²) in [5.74, 6) is 0.873. The van der Waals surface area contributed by atoms with E-state index < -0.39 is 0 Å². The topological polar surface area (TPSA) is 73.8 Å². The van der Waals surface area contributed by atoms with Crippen molar-refractivity contribution in [3.8, 4) is 5.75 Å². The van der Waals surface area contributed by atoms with E-state index >= 15 is 0 Å². The molecule has 5 nitrogen and oxygen atoms in total. The van der Waals surface area contributed by atoms with Crippen LogP contribution in [0.5, 0.6) is 5.75 Å². The largest absolute Gasteiger partial charge is 0.506 e. The number of hydrogen-bond donors (Lipinski definition) is 3. The number of aromatic amines is 1. The number of phenols is 1. The number of nitrogens with one attached hydrogen (secondary N) is 2. The third kappa shape index (κ3) is 2.75. The van der Waals surface area contributed by atoms with E-state index in [1.165, 1.54) is 6.33 Å². The summed E-state index contributed by atoms with van der Waals surface area (Å²) in [6.45, 7) is 2.47. The first-order chi connectivity index (χ1) is 8.18. The molecule has 2 rings (SSSR count). The summed E-state index contributed by atoms with van der Waals surface area (Å²) in [6, 6.07) is 5.30. The fourth-order valence-electron chi connectivity index (χ4n) is 1.49. The summed E-state index contributed by atoms with van der Waals surface area (Å²) in [7, 11) is 0. The van der Waals surface area contributed by atoms with Gasteiger partial charge in [0.25, 0.3) is 0 Å². The van der Waals surface area contributed by atoms with Crippen LogP contribution < -0.4 is 5.32 Å². The maximum Gasteiger partial charge on any atom is 0.141 e. The summed E-state index contributed by atoms with van der Waals surface area (Å²) in [6.07, 6.45) is 1.46. The molecule has 0 aliphatic heterocycles. The van der Waals surface area contributed by atoms with Gasteiger partial charge in [0.2, 0.25) is 0 Å². The molecule has 0 aliphatic carbocycles. The van der Waals surface area contributed by atoms with E-state index in [2.05, 4.69) is 20.5 Å². The predicted molar refractivity (Wildman–Crippen MR) is 64.8 cm³/mol. The van der Waals surface area contributed by atoms with E-state index in [-0.39, 0.29) is 11.8 Å². The van der Waals surface area contributed by atoms with Crippen LogP contribution in [0.4, 0.5) is 0 Å². The fraction of sp³-hybridized carbons (Fsp3) is 0.273. The molecule has 6 heteroatoms. The van der Waals surface area contributed by atoms with Crippen LogP contribution in [0, 0.1) is 0 Å². The van der Waals surface area contributed by atoms with Crippen LogP contribution in [-0.4, -0.2) is 20.3 Å². The number of para-hydroxylation sites is 1. The van der Waals surface area contributed by atoms with Crippen LogP contribution in [0.2, 0.25) is 5.02 Å². The number of hydrogen-bond acceptors (Lipinski definition) is 4. The maximum atomic E-state index is 9.73. The zero-order chi connectivity index (χ0) is 12.3. The summed E-state index contributed by atoms with van der Waals surface area (Å²) in [5, 5.41) is 19.9. The Morgan fingerprint density at radius 2 is 2.35 bits per heavy atom. The summed E-state index contributed by atoms with van der Waals surface area (Å²) in [5.41, 5.74) is 0.754. The molecule has 90 valence electrons. The lowest BCUT2D eigenvalue weighted by atomic mass is 10.2. The zero-order valence-corrected chi connectivity index (χ0v) is 10.1. The number of nitrogens with zero attached hydrogens (tertiary/aromatic N) is 2. The van der Waals surface area contributed by atoms with Gasteiger partial charge < -0.3 is 10.4 Å². The molecule has 17 heavy (non-hydrogen) atoms. The Balaban J connectivity index is 2.00. The first kappa shape index (κ1) is 11.9. The Morgan fingerprint density at radius 3 is 3.06 bits per heavy atom. The third-order valence-electron chi connectivity index (χ3n) is 2.51. The maximum absolute atomic E-state index is 9.73. The average molecular weight is 253 g/mol. The standard InChI is InChI=1S/C11H13ClN4O/c1-7(11-14-6-15-16-11)13-5-8-3-2-4-9(12)10(8)17/h2-4,6-7,13,17H,5H2,1H3,(H,14,15,16). The lowest BCUT2D eigenvalue weighted by Gasteiger charge is -2.12. The molecule has 0 radical (unpaired) electrons. The van der Waals surface area contributed by atoms with Gasteiger partial charge in [-0.3, -0.25) is 5.10 Å². The highest BCUT2D eigenvalue weighted by Gasteiger charge is 2.10. The fourth-order valence-corrected chi connectivity index (χ4v) is 1.68. The Bertz CT molecular complexity index is 486. The Hall–Kier alpha value is -1.59. The Labute approximate surface area is 104 Å². The van der Waals surface area contributed by atoms with Crippen molar-refractivity contribution in [1.29, 1.82) is 0 Å². The van der Waals surface area contributed by atoms with E-state index in [0.29, 0.717) is 11.6 Å². The molecule has 2 aromatic rings. The summed E-state index contributed by atoms with van der Waals surface area (Å²) >= 11 is 5.82. The second-order valence-corrected chi connectivity index (χ2v) is 4.13. The summed E-state index contributed by atoms with van der Waals surface area (Å²) in [4.78, 5) is 4.05. The molecule has 0 aliphatic rings. The van der Waals surface area contributed by atoms with Gasteiger partial charge in [0.15, 0.2) is 0 Å². The lowest BCUT2D eigenvalue weighted by Crippen LogP contribution is -2.19. The second-order valence-electron chi connectivity index (χ2n) is 3.72. The van der Waals surface area contributed by atoms with Crippen molar-refractivity contribution < 1.29 is 5.11 Å². The Kier molecular flexibility index (Phi) is 3.61. The van der Waals surface area contributed by atoms with Gasteiger partial charge in [-0.1, -0.05) is 23.7 Å². The van der Waals surface area contributed by atoms with Crippen LogP contribution in [0.25, 0.3) is 0 Å². The molecule has 1 aromatic heterocycles. The predicted octanol–water partition coefficient (Wildman–Crippen LogP) is 2.01. The van der Waals surface area contributed by atoms with Crippen LogP contribution in [0.15, 0.2) is 24.5 Å². The number of H-pyrrole nitrogens is 1. The smallest absolute Gasteiger partial charge is 0.141 e. The Morgan fingerprint density at radius 1 is 1.53 bits per heavy atom. The van der Waals surface area contributed by atoms with Gasteiger partial charge in [-0.15, -0.1) is 0 Å². The van der Waals surface area contributed by atoms with Crippen molar-refractivity contribution in [3.05, 3.63) is 40.9 Å². The highest BCUT2D eigenvalue weighted by atomic mass is 35.5. The molecule has 1 aromatic carbocycles. The minimum atomic E-state index is 0.0240. The summed E-state index contributed by atoms with van der Waals surface area (Å²) < 4.78 is 0. The van der Waals surface area contributed by atoms with Crippen molar-refractivity contribution in [2.45, 2.75) is 19.5 Å². The molecule has 1 heterocycles. The molecule has 3 N–H and O–H groups in total. The monoisotopic (exact) mass is 252 g/mol. The minimum absolute atomic E-state index is 0.0240. The van der Waals surface area contributed by atoms with Gasteiger partial charge in [-0.05, 0) is 13.0 Å². The third-order valence-corrected chi connectivity index (χ3v) is 2.82. The number of aromatic hydroxyl groups is 1. The molecule has 0 saturated carbocycles. The van der Waals surface area contributed by atoms with E-state index in [9.17, 15) is 5.11 Å². The van der Waals surface area contributed by atoms with E-state index in [4.69, 9.17) is 11.6 Å². The number of aromatic nitrogens is 3. The van der Waals surface area contributed by atoms with Crippen molar-refractivity contribution in [2.24, 2.45) is 0 Å². The zero-order valence-electron chi connectivity index (χ0n) is 9.31. The van der Waals surface area contributed by atoms with E-state index in [1.54, 1.807) is 12.1 Å².